The number of benzene rings is 2. The second-order valence-electron chi connectivity index (χ2n) is 5.84. The van der Waals surface area contributed by atoms with Crippen LogP contribution in [-0.4, -0.2) is 15.7 Å². The van der Waals surface area contributed by atoms with Crippen molar-refractivity contribution >= 4 is 27.7 Å². The van der Waals surface area contributed by atoms with Crippen LogP contribution in [0, 0.1) is 0 Å². The quantitative estimate of drug-likeness (QED) is 0.731. The molecule has 0 bridgehead atoms. The summed E-state index contributed by atoms with van der Waals surface area (Å²) in [4.78, 5) is 12.6. The average Bonchev–Trinajstić information content (AvgIpc) is 3.19. The predicted molar refractivity (Wildman–Crippen MR) is 97.7 cm³/mol. The van der Waals surface area contributed by atoms with E-state index in [1.807, 2.05) is 59.3 Å². The molecular weight excluding hydrogens is 366 g/mol. The van der Waals surface area contributed by atoms with Crippen molar-refractivity contribution < 1.29 is 4.79 Å². The number of anilines is 1. The minimum Gasteiger partial charge on any atom is -0.306 e. The second-order valence-corrected chi connectivity index (χ2v) is 6.75. The van der Waals surface area contributed by atoms with Gasteiger partial charge < -0.3 is 5.32 Å². The molecule has 0 unspecified atom stereocenters. The number of halogens is 1. The van der Waals surface area contributed by atoms with Crippen molar-refractivity contribution in [2.45, 2.75) is 19.3 Å². The summed E-state index contributed by atoms with van der Waals surface area (Å²) in [5.74, 6) is 0.677. The summed E-state index contributed by atoms with van der Waals surface area (Å²) in [7, 11) is 0. The van der Waals surface area contributed by atoms with Gasteiger partial charge in [0.15, 0.2) is 0 Å². The summed E-state index contributed by atoms with van der Waals surface area (Å²) in [6.45, 7) is 0. The van der Waals surface area contributed by atoms with Crippen molar-refractivity contribution in [3.63, 3.8) is 0 Å². The molecule has 2 aromatic carbocycles. The van der Waals surface area contributed by atoms with Gasteiger partial charge in [-0.25, -0.2) is 4.68 Å². The van der Waals surface area contributed by atoms with Gasteiger partial charge in [-0.3, -0.25) is 4.79 Å². The molecule has 0 saturated heterocycles. The van der Waals surface area contributed by atoms with E-state index in [1.165, 1.54) is 0 Å². The first kappa shape index (κ1) is 15.1. The molecule has 4 nitrogen and oxygen atoms in total. The third-order valence-electron chi connectivity index (χ3n) is 4.25. The van der Waals surface area contributed by atoms with E-state index in [0.717, 1.165) is 46.5 Å². The minimum absolute atomic E-state index is 0.116. The lowest BCUT2D eigenvalue weighted by molar-refractivity contribution is 0.102. The highest BCUT2D eigenvalue weighted by Gasteiger charge is 2.24. The molecule has 0 radical (unpaired) electrons. The molecule has 0 atom stereocenters. The molecule has 1 amide bonds. The summed E-state index contributed by atoms with van der Waals surface area (Å²) in [6.07, 6.45) is 3.02. The van der Waals surface area contributed by atoms with Crippen molar-refractivity contribution in [2.75, 3.05) is 5.32 Å². The number of hydrogen-bond acceptors (Lipinski definition) is 2. The largest absolute Gasteiger partial charge is 0.306 e. The zero-order valence-corrected chi connectivity index (χ0v) is 14.6. The molecule has 3 aromatic rings. The number of fused-ring (bicyclic) bond motifs is 1. The fourth-order valence-electron chi connectivity index (χ4n) is 3.06. The molecule has 1 aliphatic rings. The van der Waals surface area contributed by atoms with E-state index in [-0.39, 0.29) is 5.91 Å². The van der Waals surface area contributed by atoms with Crippen LogP contribution in [0.1, 0.15) is 28.0 Å². The van der Waals surface area contributed by atoms with E-state index in [0.29, 0.717) is 5.56 Å². The Labute approximate surface area is 148 Å². The van der Waals surface area contributed by atoms with Crippen LogP contribution in [0.15, 0.2) is 59.1 Å². The van der Waals surface area contributed by atoms with Gasteiger partial charge in [0.25, 0.3) is 5.91 Å². The van der Waals surface area contributed by atoms with Crippen LogP contribution in [-0.2, 0) is 12.8 Å². The molecule has 1 N–H and O–H groups in total. The van der Waals surface area contributed by atoms with Gasteiger partial charge in [-0.15, -0.1) is 0 Å². The Hall–Kier alpha value is -2.40. The molecule has 1 aromatic heterocycles. The first-order valence-electron chi connectivity index (χ1n) is 7.95. The monoisotopic (exact) mass is 381 g/mol. The number of nitrogens with zero attached hydrogens (tertiary/aromatic N) is 2. The number of carbonyl (C=O) groups excluding carboxylic acids is 1. The standard InChI is InChI=1S/C19H16BrN3O/c20-14-11-9-13(10-12-14)19(24)21-18-16-7-4-8-17(16)22-23(18)15-5-2-1-3-6-15/h1-3,5-6,9-12H,4,7-8H2,(H,21,24). The molecular formula is C19H16BrN3O. The van der Waals surface area contributed by atoms with Gasteiger partial charge >= 0.3 is 0 Å². The SMILES string of the molecule is O=C(Nc1c2c(nn1-c1ccccc1)CCC2)c1ccc(Br)cc1. The van der Waals surface area contributed by atoms with Crippen molar-refractivity contribution in [3.8, 4) is 5.69 Å². The molecule has 120 valence electrons. The van der Waals surface area contributed by atoms with Crippen molar-refractivity contribution in [3.05, 3.63) is 75.9 Å². The van der Waals surface area contributed by atoms with E-state index < -0.39 is 0 Å². The predicted octanol–water partition coefficient (Wildman–Crippen LogP) is 4.38. The summed E-state index contributed by atoms with van der Waals surface area (Å²) >= 11 is 3.39. The van der Waals surface area contributed by atoms with E-state index in [4.69, 9.17) is 5.10 Å². The fourth-order valence-corrected chi connectivity index (χ4v) is 3.32. The molecule has 1 aliphatic carbocycles. The summed E-state index contributed by atoms with van der Waals surface area (Å²) in [6, 6.07) is 17.3. The lowest BCUT2D eigenvalue weighted by Gasteiger charge is -2.11. The zero-order chi connectivity index (χ0) is 16.5. The first-order chi connectivity index (χ1) is 11.7. The number of aryl methyl sites for hydroxylation is 1. The van der Waals surface area contributed by atoms with E-state index >= 15 is 0 Å². The number of amides is 1. The molecule has 1 heterocycles. The number of rotatable bonds is 3. The van der Waals surface area contributed by atoms with Crippen LogP contribution in [0.5, 0.6) is 0 Å². The maximum atomic E-state index is 12.6. The van der Waals surface area contributed by atoms with Crippen LogP contribution in [0.25, 0.3) is 5.69 Å². The third kappa shape index (κ3) is 2.76. The van der Waals surface area contributed by atoms with Gasteiger partial charge in [0.2, 0.25) is 0 Å². The van der Waals surface area contributed by atoms with Crippen LogP contribution >= 0.6 is 15.9 Å². The van der Waals surface area contributed by atoms with Gasteiger partial charge in [0.1, 0.15) is 5.82 Å². The van der Waals surface area contributed by atoms with Crippen LogP contribution in [0.3, 0.4) is 0 Å². The highest BCUT2D eigenvalue weighted by atomic mass is 79.9. The lowest BCUT2D eigenvalue weighted by Crippen LogP contribution is -2.16. The highest BCUT2D eigenvalue weighted by molar-refractivity contribution is 9.10. The molecule has 0 spiro atoms. The van der Waals surface area contributed by atoms with Crippen LogP contribution < -0.4 is 5.32 Å². The van der Waals surface area contributed by atoms with Crippen LogP contribution in [0.2, 0.25) is 0 Å². The topological polar surface area (TPSA) is 46.9 Å². The normalized spacial score (nSPS) is 12.9. The van der Waals surface area contributed by atoms with Gasteiger partial charge in [0, 0.05) is 15.6 Å². The Morgan fingerprint density at radius 1 is 1.04 bits per heavy atom. The second kappa shape index (κ2) is 6.24. The molecule has 24 heavy (non-hydrogen) atoms. The molecule has 4 rings (SSSR count). The summed E-state index contributed by atoms with van der Waals surface area (Å²) in [5.41, 5.74) is 3.83. The van der Waals surface area contributed by atoms with Crippen molar-refractivity contribution in [2.24, 2.45) is 0 Å². The Bertz CT molecular complexity index is 885. The van der Waals surface area contributed by atoms with Gasteiger partial charge in [-0.2, -0.15) is 5.10 Å². The minimum atomic E-state index is -0.116. The Kier molecular flexibility index (Phi) is 3.94. The number of para-hydroxylation sites is 1. The summed E-state index contributed by atoms with van der Waals surface area (Å²) in [5, 5.41) is 7.79. The number of nitrogens with one attached hydrogen (secondary N) is 1. The Morgan fingerprint density at radius 3 is 2.54 bits per heavy atom. The maximum Gasteiger partial charge on any atom is 0.256 e. The van der Waals surface area contributed by atoms with Crippen LogP contribution in [0.4, 0.5) is 5.82 Å². The Balaban J connectivity index is 1.72. The van der Waals surface area contributed by atoms with Crippen molar-refractivity contribution in [1.29, 1.82) is 0 Å². The van der Waals surface area contributed by atoms with Gasteiger partial charge in [0.05, 0.1) is 11.4 Å². The van der Waals surface area contributed by atoms with Crippen molar-refractivity contribution in [1.82, 2.24) is 9.78 Å². The van der Waals surface area contributed by atoms with E-state index in [1.54, 1.807) is 0 Å². The maximum absolute atomic E-state index is 12.6. The highest BCUT2D eigenvalue weighted by Crippen LogP contribution is 2.31. The van der Waals surface area contributed by atoms with Gasteiger partial charge in [-0.05, 0) is 55.7 Å². The molecule has 0 saturated carbocycles. The Morgan fingerprint density at radius 2 is 1.79 bits per heavy atom. The van der Waals surface area contributed by atoms with E-state index in [9.17, 15) is 4.79 Å². The average molecular weight is 382 g/mol. The fraction of sp³-hybridized carbons (Fsp3) is 0.158. The van der Waals surface area contributed by atoms with Gasteiger partial charge in [-0.1, -0.05) is 34.1 Å². The van der Waals surface area contributed by atoms with E-state index in [2.05, 4.69) is 21.2 Å². The third-order valence-corrected chi connectivity index (χ3v) is 4.77. The smallest absolute Gasteiger partial charge is 0.256 e. The molecule has 5 heteroatoms. The molecule has 0 fully saturated rings. The number of carbonyl (C=O) groups is 1. The number of hydrogen-bond donors (Lipinski definition) is 1. The zero-order valence-electron chi connectivity index (χ0n) is 13.0. The summed E-state index contributed by atoms with van der Waals surface area (Å²) < 4.78 is 2.80. The first-order valence-corrected chi connectivity index (χ1v) is 8.75. The molecule has 0 aliphatic heterocycles. The lowest BCUT2D eigenvalue weighted by atomic mass is 10.2. The number of aromatic nitrogens is 2.